The Bertz CT molecular complexity index is 346. The molecule has 1 heterocycles. The zero-order chi connectivity index (χ0) is 9.34. The lowest BCUT2D eigenvalue weighted by Crippen LogP contribution is -2.55. The number of hydrogen-bond donors (Lipinski definition) is 1. The van der Waals surface area contributed by atoms with Crippen LogP contribution in [0.25, 0.3) is 0 Å². The van der Waals surface area contributed by atoms with Crippen LogP contribution >= 0.6 is 0 Å². The van der Waals surface area contributed by atoms with Crippen LogP contribution in [-0.2, 0) is 4.79 Å². The maximum absolute atomic E-state index is 11.9. The molecule has 5 aliphatic rings. The molecule has 1 spiro atoms. The predicted octanol–water partition coefficient (Wildman–Crippen LogP) is 1.30. The molecule has 4 bridgehead atoms. The predicted molar refractivity (Wildman–Crippen MR) is 51.6 cm³/mol. The van der Waals surface area contributed by atoms with Crippen molar-refractivity contribution in [1.82, 2.24) is 5.43 Å². The molecule has 74 valence electrons. The molecule has 1 aliphatic heterocycles. The van der Waals surface area contributed by atoms with E-state index in [-0.39, 0.29) is 11.3 Å². The van der Waals surface area contributed by atoms with E-state index < -0.39 is 0 Å². The minimum Gasteiger partial charge on any atom is -0.272 e. The lowest BCUT2D eigenvalue weighted by molar-refractivity contribution is -0.131. The topological polar surface area (TPSA) is 41.5 Å². The first kappa shape index (κ1) is 7.43. The SMILES string of the molecule is O=C1NN=C2C3C[C@@H]4C[C@H](C3)CC12C4. The van der Waals surface area contributed by atoms with Gasteiger partial charge in [-0.2, -0.15) is 5.10 Å². The Hall–Kier alpha value is -0.860. The molecule has 0 aromatic carbocycles. The average Bonchev–Trinajstić information content (AvgIpc) is 2.43. The first-order chi connectivity index (χ1) is 6.78. The Morgan fingerprint density at radius 1 is 1.21 bits per heavy atom. The number of nitrogens with one attached hydrogen (secondary N) is 1. The minimum atomic E-state index is -0.130. The second kappa shape index (κ2) is 2.05. The third kappa shape index (κ3) is 0.645. The maximum Gasteiger partial charge on any atom is 0.252 e. The van der Waals surface area contributed by atoms with Gasteiger partial charge in [0.1, 0.15) is 0 Å². The Labute approximate surface area is 82.9 Å². The van der Waals surface area contributed by atoms with E-state index in [0.717, 1.165) is 24.7 Å². The van der Waals surface area contributed by atoms with Crippen molar-refractivity contribution in [2.24, 2.45) is 28.3 Å². The van der Waals surface area contributed by atoms with E-state index in [1.807, 2.05) is 0 Å². The monoisotopic (exact) mass is 190 g/mol. The molecule has 0 saturated heterocycles. The number of carbonyl (C=O) groups is 1. The number of rotatable bonds is 0. The molecule has 2 unspecified atom stereocenters. The second-order valence-corrected chi connectivity index (χ2v) is 5.56. The zero-order valence-corrected chi connectivity index (χ0v) is 8.12. The van der Waals surface area contributed by atoms with Crippen LogP contribution in [0.5, 0.6) is 0 Å². The van der Waals surface area contributed by atoms with E-state index in [0.29, 0.717) is 5.92 Å². The first-order valence-corrected chi connectivity index (χ1v) is 5.66. The molecule has 0 radical (unpaired) electrons. The van der Waals surface area contributed by atoms with Crippen molar-refractivity contribution >= 4 is 11.6 Å². The molecule has 0 aromatic rings. The summed E-state index contributed by atoms with van der Waals surface area (Å²) in [6.45, 7) is 0. The molecule has 1 amide bonds. The van der Waals surface area contributed by atoms with E-state index in [1.54, 1.807) is 0 Å². The van der Waals surface area contributed by atoms with Gasteiger partial charge >= 0.3 is 0 Å². The molecule has 5 rings (SSSR count). The van der Waals surface area contributed by atoms with E-state index in [9.17, 15) is 4.79 Å². The van der Waals surface area contributed by atoms with Gasteiger partial charge in [-0.25, -0.2) is 5.43 Å². The molecule has 3 heteroatoms. The molecule has 3 nitrogen and oxygen atoms in total. The highest BCUT2D eigenvalue weighted by molar-refractivity contribution is 6.14. The van der Waals surface area contributed by atoms with Gasteiger partial charge in [-0.1, -0.05) is 0 Å². The van der Waals surface area contributed by atoms with Gasteiger partial charge in [0.25, 0.3) is 5.91 Å². The fraction of sp³-hybridized carbons (Fsp3) is 0.818. The summed E-state index contributed by atoms with van der Waals surface area (Å²) in [5.74, 6) is 2.47. The van der Waals surface area contributed by atoms with Crippen LogP contribution in [0.1, 0.15) is 32.1 Å². The Balaban J connectivity index is 1.90. The smallest absolute Gasteiger partial charge is 0.252 e. The largest absolute Gasteiger partial charge is 0.272 e. The van der Waals surface area contributed by atoms with Crippen molar-refractivity contribution in [3.8, 4) is 0 Å². The molecule has 4 atom stereocenters. The van der Waals surface area contributed by atoms with Gasteiger partial charge in [-0.3, -0.25) is 4.79 Å². The zero-order valence-electron chi connectivity index (χ0n) is 8.12. The number of hydrogen-bond acceptors (Lipinski definition) is 2. The minimum absolute atomic E-state index is 0.130. The van der Waals surface area contributed by atoms with Gasteiger partial charge < -0.3 is 0 Å². The number of carbonyl (C=O) groups excluding carboxylic acids is 1. The lowest BCUT2D eigenvalue weighted by Gasteiger charge is -2.53. The fourth-order valence-corrected chi connectivity index (χ4v) is 4.51. The number of hydrazone groups is 1. The fourth-order valence-electron chi connectivity index (χ4n) is 4.51. The number of nitrogens with zero attached hydrogens (tertiary/aromatic N) is 1. The summed E-state index contributed by atoms with van der Waals surface area (Å²) in [5.41, 5.74) is 3.80. The summed E-state index contributed by atoms with van der Waals surface area (Å²) in [4.78, 5) is 11.9. The van der Waals surface area contributed by atoms with Gasteiger partial charge in [0.2, 0.25) is 0 Å². The van der Waals surface area contributed by atoms with Crippen LogP contribution in [0, 0.1) is 23.2 Å². The second-order valence-electron chi connectivity index (χ2n) is 5.56. The van der Waals surface area contributed by atoms with Crippen molar-refractivity contribution in [3.05, 3.63) is 0 Å². The summed E-state index contributed by atoms with van der Waals surface area (Å²) in [7, 11) is 0. The van der Waals surface area contributed by atoms with Crippen LogP contribution in [-0.4, -0.2) is 11.6 Å². The van der Waals surface area contributed by atoms with E-state index in [4.69, 9.17) is 0 Å². The maximum atomic E-state index is 11.9. The van der Waals surface area contributed by atoms with Gasteiger partial charge in [-0.15, -0.1) is 0 Å². The summed E-state index contributed by atoms with van der Waals surface area (Å²) < 4.78 is 0. The van der Waals surface area contributed by atoms with E-state index in [1.165, 1.54) is 25.0 Å². The van der Waals surface area contributed by atoms with Crippen molar-refractivity contribution in [2.75, 3.05) is 0 Å². The highest BCUT2D eigenvalue weighted by Crippen LogP contribution is 2.59. The molecular weight excluding hydrogens is 176 g/mol. The van der Waals surface area contributed by atoms with E-state index >= 15 is 0 Å². The van der Waals surface area contributed by atoms with Gasteiger partial charge in [0.15, 0.2) is 0 Å². The van der Waals surface area contributed by atoms with Crippen molar-refractivity contribution < 1.29 is 4.79 Å². The van der Waals surface area contributed by atoms with Gasteiger partial charge in [0, 0.05) is 5.92 Å². The molecule has 4 aliphatic carbocycles. The molecule has 0 aromatic heterocycles. The quantitative estimate of drug-likeness (QED) is 0.614. The van der Waals surface area contributed by atoms with E-state index in [2.05, 4.69) is 10.5 Å². The normalized spacial score (nSPS) is 53.0. The van der Waals surface area contributed by atoms with Crippen molar-refractivity contribution in [1.29, 1.82) is 0 Å². The lowest BCUT2D eigenvalue weighted by atomic mass is 9.49. The Morgan fingerprint density at radius 2 is 1.93 bits per heavy atom. The molecule has 4 saturated carbocycles. The summed E-state index contributed by atoms with van der Waals surface area (Å²) >= 11 is 0. The molecule has 1 N–H and O–H groups in total. The average molecular weight is 190 g/mol. The van der Waals surface area contributed by atoms with Crippen LogP contribution in [0.4, 0.5) is 0 Å². The molecular formula is C11H14N2O. The Morgan fingerprint density at radius 3 is 2.64 bits per heavy atom. The third-order valence-electron chi connectivity index (χ3n) is 4.77. The van der Waals surface area contributed by atoms with Gasteiger partial charge in [0.05, 0.1) is 11.1 Å². The summed E-state index contributed by atoms with van der Waals surface area (Å²) in [6, 6.07) is 0. The molecule has 14 heavy (non-hydrogen) atoms. The van der Waals surface area contributed by atoms with Crippen LogP contribution in [0.15, 0.2) is 5.10 Å². The van der Waals surface area contributed by atoms with Crippen LogP contribution < -0.4 is 5.43 Å². The number of amides is 1. The highest BCUT2D eigenvalue weighted by atomic mass is 16.2. The Kier molecular flexibility index (Phi) is 1.09. The molecule has 4 fully saturated rings. The van der Waals surface area contributed by atoms with Crippen LogP contribution in [0.3, 0.4) is 0 Å². The van der Waals surface area contributed by atoms with Crippen molar-refractivity contribution in [3.63, 3.8) is 0 Å². The standard InChI is InChI=1S/C11H14N2O/c14-10-11-4-6-1-7(5-11)3-8(2-6)9(11)12-13-10/h6-8H,1-5H2,(H,13,14)/t6-,7+,8?,11?. The highest BCUT2D eigenvalue weighted by Gasteiger charge is 2.61. The third-order valence-corrected chi connectivity index (χ3v) is 4.77. The summed E-state index contributed by atoms with van der Waals surface area (Å²) in [6.07, 6.45) is 6.15. The van der Waals surface area contributed by atoms with Crippen LogP contribution in [0.2, 0.25) is 0 Å². The first-order valence-electron chi connectivity index (χ1n) is 5.66. The summed E-state index contributed by atoms with van der Waals surface area (Å²) in [5, 5.41) is 4.29. The van der Waals surface area contributed by atoms with Crippen molar-refractivity contribution in [2.45, 2.75) is 32.1 Å². The van der Waals surface area contributed by atoms with Gasteiger partial charge in [-0.05, 0) is 43.9 Å².